The van der Waals surface area contributed by atoms with Crippen LogP contribution >= 0.6 is 0 Å². The van der Waals surface area contributed by atoms with Crippen molar-refractivity contribution in [1.82, 2.24) is 0 Å². The van der Waals surface area contributed by atoms with Crippen LogP contribution in [0.4, 0.5) is 0 Å². The van der Waals surface area contributed by atoms with Gasteiger partial charge in [-0.15, -0.1) is 0 Å². The van der Waals surface area contributed by atoms with Crippen LogP contribution in [0.25, 0.3) is 0 Å². The van der Waals surface area contributed by atoms with E-state index in [9.17, 15) is 15.0 Å². The molecule has 7 atom stereocenters. The maximum atomic E-state index is 12.2. The van der Waals surface area contributed by atoms with Gasteiger partial charge in [0.25, 0.3) is 0 Å². The second kappa shape index (κ2) is 9.58. The molecule has 30 heavy (non-hydrogen) atoms. The van der Waals surface area contributed by atoms with Crippen molar-refractivity contribution >= 4 is 5.97 Å². The van der Waals surface area contributed by atoms with E-state index in [1.54, 1.807) is 24.3 Å². The van der Waals surface area contributed by atoms with Gasteiger partial charge in [0.2, 0.25) is 0 Å². The second-order valence-corrected chi connectivity index (χ2v) is 8.47. The molecule has 1 aromatic carbocycles. The first kappa shape index (κ1) is 21.5. The van der Waals surface area contributed by atoms with Gasteiger partial charge in [0.1, 0.15) is 6.10 Å². The second-order valence-electron chi connectivity index (χ2n) is 8.47. The van der Waals surface area contributed by atoms with Crippen molar-refractivity contribution in [1.29, 1.82) is 0 Å². The fourth-order valence-electron chi connectivity index (χ4n) is 4.43. The van der Waals surface area contributed by atoms with E-state index in [-0.39, 0.29) is 25.2 Å². The number of rotatable bonds is 6. The minimum Gasteiger partial charge on any atom is -0.454 e. The van der Waals surface area contributed by atoms with Gasteiger partial charge in [0.15, 0.2) is 6.10 Å². The van der Waals surface area contributed by atoms with Crippen molar-refractivity contribution in [2.24, 2.45) is 0 Å². The van der Waals surface area contributed by atoms with Crippen molar-refractivity contribution in [2.75, 3.05) is 13.2 Å². The summed E-state index contributed by atoms with van der Waals surface area (Å²) in [5.74, 6) is -0.490. The molecule has 3 aliphatic heterocycles. The molecule has 0 spiro atoms. The summed E-state index contributed by atoms with van der Waals surface area (Å²) in [5, 5.41) is 21.0. The van der Waals surface area contributed by atoms with Crippen LogP contribution in [0.15, 0.2) is 42.5 Å². The Morgan fingerprint density at radius 3 is 2.53 bits per heavy atom. The smallest absolute Gasteiger partial charge is 0.338 e. The fourth-order valence-corrected chi connectivity index (χ4v) is 4.43. The number of carbonyl (C=O) groups is 1. The highest BCUT2D eigenvalue weighted by atomic mass is 16.6. The summed E-state index contributed by atoms with van der Waals surface area (Å²) < 4.78 is 23.0. The van der Waals surface area contributed by atoms with Crippen molar-refractivity contribution in [3.63, 3.8) is 0 Å². The maximum Gasteiger partial charge on any atom is 0.338 e. The Morgan fingerprint density at radius 2 is 1.83 bits per heavy atom. The number of benzene rings is 1. The summed E-state index contributed by atoms with van der Waals surface area (Å²) in [4.78, 5) is 12.2. The van der Waals surface area contributed by atoms with Gasteiger partial charge in [-0.1, -0.05) is 24.8 Å². The standard InChI is InChI=1S/C23H30O7/c1-14-9-16(27-12-14)7-8-17-10-19(25)22(29-17)20-11-18(24)21(13-28-20)30-23(26)15-5-3-2-4-6-15/h2-6,16-22,24-25H,1,7-13H2/t16-,17+,18+,19+,20+,21-,22?/m0/s1. The lowest BCUT2D eigenvalue weighted by atomic mass is 9.96. The van der Waals surface area contributed by atoms with E-state index in [4.69, 9.17) is 18.9 Å². The van der Waals surface area contributed by atoms with Crippen LogP contribution in [0.1, 0.15) is 42.5 Å². The average Bonchev–Trinajstić information content (AvgIpc) is 3.33. The summed E-state index contributed by atoms with van der Waals surface area (Å²) in [7, 11) is 0. The van der Waals surface area contributed by atoms with Crippen LogP contribution in [0.5, 0.6) is 0 Å². The molecule has 0 bridgehead atoms. The van der Waals surface area contributed by atoms with Crippen molar-refractivity contribution < 1.29 is 34.0 Å². The SMILES string of the molecule is C=C1CO[C@@H](CC[C@@H]2C[C@@H](O)C([C@H]3C[C@@H](O)[C@@H](OC(=O)c4ccccc4)CO3)O2)C1. The van der Waals surface area contributed by atoms with E-state index >= 15 is 0 Å². The van der Waals surface area contributed by atoms with E-state index in [1.165, 1.54) is 0 Å². The normalized spacial score (nSPS) is 36.7. The molecule has 1 unspecified atom stereocenters. The van der Waals surface area contributed by atoms with Gasteiger partial charge < -0.3 is 29.2 Å². The Balaban J connectivity index is 1.24. The monoisotopic (exact) mass is 418 g/mol. The minimum atomic E-state index is -0.871. The summed E-state index contributed by atoms with van der Waals surface area (Å²) in [5.41, 5.74) is 1.55. The first-order chi connectivity index (χ1) is 14.5. The van der Waals surface area contributed by atoms with Gasteiger partial charge in [0.05, 0.1) is 49.3 Å². The average molecular weight is 418 g/mol. The third-order valence-electron chi connectivity index (χ3n) is 6.10. The maximum absolute atomic E-state index is 12.2. The molecule has 3 heterocycles. The zero-order valence-electron chi connectivity index (χ0n) is 17.0. The molecule has 7 nitrogen and oxygen atoms in total. The first-order valence-electron chi connectivity index (χ1n) is 10.7. The lowest BCUT2D eigenvalue weighted by molar-refractivity contribution is -0.171. The van der Waals surface area contributed by atoms with Gasteiger partial charge in [-0.25, -0.2) is 4.79 Å². The van der Waals surface area contributed by atoms with Crippen LogP contribution in [0, 0.1) is 0 Å². The number of hydrogen-bond acceptors (Lipinski definition) is 7. The molecule has 2 N–H and O–H groups in total. The van der Waals surface area contributed by atoms with E-state index in [1.807, 2.05) is 6.07 Å². The third kappa shape index (κ3) is 5.10. The van der Waals surface area contributed by atoms with Gasteiger partial charge in [0, 0.05) is 12.8 Å². The van der Waals surface area contributed by atoms with Crippen molar-refractivity contribution in [3.8, 4) is 0 Å². The molecule has 164 valence electrons. The van der Waals surface area contributed by atoms with Gasteiger partial charge >= 0.3 is 5.97 Å². The van der Waals surface area contributed by atoms with Crippen LogP contribution in [-0.2, 0) is 18.9 Å². The third-order valence-corrected chi connectivity index (χ3v) is 6.10. The minimum absolute atomic E-state index is 0.0585. The number of hydrogen-bond donors (Lipinski definition) is 2. The summed E-state index contributed by atoms with van der Waals surface area (Å²) in [6.07, 6.45) is 0.293. The molecule has 4 rings (SSSR count). The number of carbonyl (C=O) groups excluding carboxylic acids is 1. The van der Waals surface area contributed by atoms with E-state index in [0.717, 1.165) is 24.8 Å². The van der Waals surface area contributed by atoms with Crippen LogP contribution in [-0.4, -0.2) is 72.1 Å². The highest BCUT2D eigenvalue weighted by Gasteiger charge is 2.44. The zero-order valence-corrected chi connectivity index (χ0v) is 17.0. The molecule has 0 saturated carbocycles. The topological polar surface area (TPSA) is 94.5 Å². The fraction of sp³-hybridized carbons (Fsp3) is 0.609. The molecular formula is C23H30O7. The van der Waals surface area contributed by atoms with E-state index in [0.29, 0.717) is 18.6 Å². The predicted octanol–water partition coefficient (Wildman–Crippen LogP) is 2.01. The Morgan fingerprint density at radius 1 is 1.07 bits per heavy atom. The van der Waals surface area contributed by atoms with Gasteiger partial charge in [-0.3, -0.25) is 0 Å². The molecule has 0 aliphatic carbocycles. The number of aliphatic hydroxyl groups is 2. The predicted molar refractivity (Wildman–Crippen MR) is 108 cm³/mol. The molecular weight excluding hydrogens is 388 g/mol. The molecule has 0 radical (unpaired) electrons. The van der Waals surface area contributed by atoms with Crippen LogP contribution < -0.4 is 0 Å². The Bertz CT molecular complexity index is 736. The summed E-state index contributed by atoms with van der Waals surface area (Å²) in [6.45, 7) is 4.65. The Hall–Kier alpha value is -1.77. The summed E-state index contributed by atoms with van der Waals surface area (Å²) in [6, 6.07) is 8.65. The summed E-state index contributed by atoms with van der Waals surface area (Å²) >= 11 is 0. The highest BCUT2D eigenvalue weighted by molar-refractivity contribution is 5.89. The zero-order chi connectivity index (χ0) is 21.1. The van der Waals surface area contributed by atoms with Crippen LogP contribution in [0.2, 0.25) is 0 Å². The molecule has 3 fully saturated rings. The van der Waals surface area contributed by atoms with Gasteiger partial charge in [-0.05, 0) is 37.0 Å². The van der Waals surface area contributed by atoms with Crippen molar-refractivity contribution in [2.45, 2.75) is 74.8 Å². The Labute approximate surface area is 176 Å². The van der Waals surface area contributed by atoms with E-state index in [2.05, 4.69) is 6.58 Å². The molecule has 7 heteroatoms. The number of ether oxygens (including phenoxy) is 4. The Kier molecular flexibility index (Phi) is 6.85. The molecule has 1 aromatic rings. The molecule has 0 aromatic heterocycles. The quantitative estimate of drug-likeness (QED) is 0.539. The lowest BCUT2D eigenvalue weighted by Gasteiger charge is -2.36. The molecule has 0 amide bonds. The lowest BCUT2D eigenvalue weighted by Crippen LogP contribution is -2.49. The first-order valence-corrected chi connectivity index (χ1v) is 10.7. The number of esters is 1. The van der Waals surface area contributed by atoms with Crippen molar-refractivity contribution in [3.05, 3.63) is 48.0 Å². The van der Waals surface area contributed by atoms with E-state index < -0.39 is 36.5 Å². The largest absolute Gasteiger partial charge is 0.454 e. The molecule has 3 saturated heterocycles. The number of aliphatic hydroxyl groups excluding tert-OH is 2. The van der Waals surface area contributed by atoms with Gasteiger partial charge in [-0.2, -0.15) is 0 Å². The van der Waals surface area contributed by atoms with Crippen LogP contribution in [0.3, 0.4) is 0 Å². The molecule has 3 aliphatic rings. The highest BCUT2D eigenvalue weighted by Crippen LogP contribution is 2.33.